The Morgan fingerprint density at radius 1 is 1.50 bits per heavy atom. The van der Waals surface area contributed by atoms with Gasteiger partial charge in [0.25, 0.3) is 0 Å². The quantitative estimate of drug-likeness (QED) is 0.702. The lowest BCUT2D eigenvalue weighted by molar-refractivity contribution is 0.302. The Balaban J connectivity index is 2.76. The zero-order valence-corrected chi connectivity index (χ0v) is 7.73. The number of nitrogens with zero attached hydrogens (tertiary/aromatic N) is 3. The number of aliphatic hydroxyl groups is 1. The molecule has 1 N–H and O–H groups in total. The second-order valence-electron chi connectivity index (χ2n) is 2.66. The van der Waals surface area contributed by atoms with Gasteiger partial charge in [-0.05, 0) is 0 Å². The van der Waals surface area contributed by atoms with Gasteiger partial charge in [-0.3, -0.25) is 0 Å². The van der Waals surface area contributed by atoms with Gasteiger partial charge in [0, 0.05) is 13.1 Å². The summed E-state index contributed by atoms with van der Waals surface area (Å²) < 4.78 is 12.5. The number of halogens is 1. The molecule has 1 aromatic rings. The molecule has 76 valence electrons. The molecule has 1 heterocycles. The van der Waals surface area contributed by atoms with Gasteiger partial charge in [0.05, 0.1) is 19.0 Å². The van der Waals surface area contributed by atoms with Crippen LogP contribution in [0.5, 0.6) is 0 Å². The number of anilines is 1. The maximum atomic E-state index is 12.5. The Morgan fingerprint density at radius 2 is 2.14 bits per heavy atom. The lowest BCUT2D eigenvalue weighted by Gasteiger charge is -2.18. The summed E-state index contributed by atoms with van der Waals surface area (Å²) in [7, 11) is 0. The van der Waals surface area contributed by atoms with Crippen molar-refractivity contribution in [2.75, 3.05) is 24.6 Å². The van der Waals surface area contributed by atoms with E-state index in [-0.39, 0.29) is 6.61 Å². The van der Waals surface area contributed by atoms with E-state index in [2.05, 4.69) is 16.5 Å². The van der Waals surface area contributed by atoms with Crippen molar-refractivity contribution in [3.8, 4) is 0 Å². The van der Waals surface area contributed by atoms with E-state index in [4.69, 9.17) is 5.11 Å². The minimum atomic E-state index is -0.476. The third-order valence-corrected chi connectivity index (χ3v) is 1.61. The molecule has 0 aromatic carbocycles. The van der Waals surface area contributed by atoms with E-state index in [1.54, 1.807) is 11.0 Å². The van der Waals surface area contributed by atoms with Crippen molar-refractivity contribution in [1.82, 2.24) is 9.97 Å². The number of aliphatic hydroxyl groups excluding tert-OH is 1. The minimum Gasteiger partial charge on any atom is -0.395 e. The van der Waals surface area contributed by atoms with Gasteiger partial charge in [-0.1, -0.05) is 6.08 Å². The van der Waals surface area contributed by atoms with Gasteiger partial charge in [0.2, 0.25) is 5.95 Å². The van der Waals surface area contributed by atoms with Crippen molar-refractivity contribution in [3.63, 3.8) is 0 Å². The van der Waals surface area contributed by atoms with Crippen LogP contribution >= 0.6 is 0 Å². The maximum Gasteiger partial charge on any atom is 0.225 e. The molecule has 1 rings (SSSR count). The maximum absolute atomic E-state index is 12.5. The van der Waals surface area contributed by atoms with E-state index in [1.165, 1.54) is 0 Å². The van der Waals surface area contributed by atoms with Crippen LogP contribution in [0.15, 0.2) is 25.0 Å². The van der Waals surface area contributed by atoms with Crippen LogP contribution in [0.3, 0.4) is 0 Å². The molecule has 5 heteroatoms. The average Bonchev–Trinajstić information content (AvgIpc) is 2.19. The van der Waals surface area contributed by atoms with Gasteiger partial charge in [-0.15, -0.1) is 6.58 Å². The summed E-state index contributed by atoms with van der Waals surface area (Å²) in [5.41, 5.74) is 0. The van der Waals surface area contributed by atoms with Crippen molar-refractivity contribution >= 4 is 5.95 Å². The van der Waals surface area contributed by atoms with Crippen molar-refractivity contribution in [2.45, 2.75) is 0 Å². The van der Waals surface area contributed by atoms with E-state index in [0.29, 0.717) is 19.0 Å². The first-order valence-corrected chi connectivity index (χ1v) is 4.22. The first kappa shape index (κ1) is 10.6. The fourth-order valence-electron chi connectivity index (χ4n) is 1.02. The summed E-state index contributed by atoms with van der Waals surface area (Å²) in [5, 5.41) is 8.77. The van der Waals surface area contributed by atoms with Gasteiger partial charge < -0.3 is 10.0 Å². The van der Waals surface area contributed by atoms with Crippen LogP contribution in [0.4, 0.5) is 10.3 Å². The largest absolute Gasteiger partial charge is 0.395 e. The SMILES string of the molecule is C=CCN(CCO)c1ncc(F)cn1. The highest BCUT2D eigenvalue weighted by atomic mass is 19.1. The van der Waals surface area contributed by atoms with Crippen molar-refractivity contribution < 1.29 is 9.50 Å². The highest BCUT2D eigenvalue weighted by Gasteiger charge is 2.06. The van der Waals surface area contributed by atoms with E-state index in [9.17, 15) is 4.39 Å². The van der Waals surface area contributed by atoms with Crippen LogP contribution in [-0.4, -0.2) is 34.8 Å². The average molecular weight is 197 g/mol. The molecule has 4 nitrogen and oxygen atoms in total. The lowest BCUT2D eigenvalue weighted by Crippen LogP contribution is -2.28. The zero-order valence-electron chi connectivity index (χ0n) is 7.73. The van der Waals surface area contributed by atoms with Crippen LogP contribution in [0.25, 0.3) is 0 Å². The van der Waals surface area contributed by atoms with E-state index < -0.39 is 5.82 Å². The third-order valence-electron chi connectivity index (χ3n) is 1.61. The van der Waals surface area contributed by atoms with Crippen molar-refractivity contribution in [2.24, 2.45) is 0 Å². The van der Waals surface area contributed by atoms with Crippen molar-refractivity contribution in [3.05, 3.63) is 30.9 Å². The molecule has 0 aliphatic carbocycles. The van der Waals surface area contributed by atoms with E-state index in [1.807, 2.05) is 0 Å². The normalized spacial score (nSPS) is 9.86. The fraction of sp³-hybridized carbons (Fsp3) is 0.333. The minimum absolute atomic E-state index is 0.00538. The summed E-state index contributed by atoms with van der Waals surface area (Å²) in [4.78, 5) is 9.29. The van der Waals surface area contributed by atoms with Gasteiger partial charge in [-0.25, -0.2) is 14.4 Å². The molecule has 0 saturated carbocycles. The Bertz CT molecular complexity index is 289. The molecule has 0 amide bonds. The molecule has 0 aliphatic rings. The van der Waals surface area contributed by atoms with Gasteiger partial charge in [-0.2, -0.15) is 0 Å². The lowest BCUT2D eigenvalue weighted by atomic mass is 10.5. The molecular weight excluding hydrogens is 185 g/mol. The van der Waals surface area contributed by atoms with Crippen LogP contribution in [0.1, 0.15) is 0 Å². The summed E-state index contributed by atoms with van der Waals surface area (Å²) in [6.45, 7) is 4.49. The molecule has 0 saturated heterocycles. The Hall–Kier alpha value is -1.49. The number of hydrogen-bond donors (Lipinski definition) is 1. The molecule has 0 aliphatic heterocycles. The van der Waals surface area contributed by atoms with Crippen molar-refractivity contribution in [1.29, 1.82) is 0 Å². The molecule has 0 bridgehead atoms. The van der Waals surface area contributed by atoms with Crippen LogP contribution < -0.4 is 4.90 Å². The number of aromatic nitrogens is 2. The Labute approximate surface area is 81.7 Å². The smallest absolute Gasteiger partial charge is 0.225 e. The summed E-state index contributed by atoms with van der Waals surface area (Å²) in [6.07, 6.45) is 3.86. The molecule has 0 atom stereocenters. The summed E-state index contributed by atoms with van der Waals surface area (Å²) in [6, 6.07) is 0. The van der Waals surface area contributed by atoms with Crippen LogP contribution in [0.2, 0.25) is 0 Å². The standard InChI is InChI=1S/C9H12FN3O/c1-2-3-13(4-5-14)9-11-6-8(10)7-12-9/h2,6-7,14H,1,3-5H2. The predicted octanol–water partition coefficient (Wildman–Crippen LogP) is 0.600. The molecule has 0 spiro atoms. The van der Waals surface area contributed by atoms with Gasteiger partial charge >= 0.3 is 0 Å². The first-order valence-electron chi connectivity index (χ1n) is 4.22. The highest BCUT2D eigenvalue weighted by molar-refractivity contribution is 5.29. The third kappa shape index (κ3) is 2.77. The Kier molecular flexibility index (Phi) is 4.00. The molecule has 1 aromatic heterocycles. The first-order chi connectivity index (χ1) is 6.77. The van der Waals surface area contributed by atoms with Crippen LogP contribution in [-0.2, 0) is 0 Å². The predicted molar refractivity (Wildman–Crippen MR) is 51.5 cm³/mol. The topological polar surface area (TPSA) is 49.2 Å². The molecular formula is C9H12FN3O. The zero-order chi connectivity index (χ0) is 10.4. The summed E-state index contributed by atoms with van der Waals surface area (Å²) >= 11 is 0. The highest BCUT2D eigenvalue weighted by Crippen LogP contribution is 2.05. The molecule has 0 radical (unpaired) electrons. The fourth-order valence-corrected chi connectivity index (χ4v) is 1.02. The second kappa shape index (κ2) is 5.29. The Morgan fingerprint density at radius 3 is 2.64 bits per heavy atom. The number of rotatable bonds is 5. The van der Waals surface area contributed by atoms with Gasteiger partial charge in [0.15, 0.2) is 5.82 Å². The molecule has 14 heavy (non-hydrogen) atoms. The van der Waals surface area contributed by atoms with Crippen LogP contribution in [0, 0.1) is 5.82 Å². The van der Waals surface area contributed by atoms with E-state index in [0.717, 1.165) is 12.4 Å². The second-order valence-corrected chi connectivity index (χ2v) is 2.66. The van der Waals surface area contributed by atoms with E-state index >= 15 is 0 Å². The monoisotopic (exact) mass is 197 g/mol. The number of hydrogen-bond acceptors (Lipinski definition) is 4. The molecule has 0 unspecified atom stereocenters. The molecule has 0 fully saturated rings. The summed E-state index contributed by atoms with van der Waals surface area (Å²) in [5.74, 6) is -0.0864. The van der Waals surface area contributed by atoms with Gasteiger partial charge in [0.1, 0.15) is 0 Å².